The standard InChI is InChI=1S/C17H21N5O/c23-17(14-7-4-8-18-11-14)22-16-9-15(20-12-21-16)19-10-13-5-2-1-3-6-13/h1-3,5-6,9,12,14,18H,4,7-8,10-11H2,(H2,19,20,21,22,23). The van der Waals surface area contributed by atoms with Crippen LogP contribution in [0.15, 0.2) is 42.7 Å². The molecule has 1 saturated heterocycles. The number of amides is 1. The van der Waals surface area contributed by atoms with E-state index in [2.05, 4.69) is 25.9 Å². The molecule has 2 aromatic rings. The lowest BCUT2D eigenvalue weighted by Crippen LogP contribution is -2.37. The van der Waals surface area contributed by atoms with Crippen molar-refractivity contribution in [2.24, 2.45) is 5.92 Å². The molecule has 3 rings (SSSR count). The summed E-state index contributed by atoms with van der Waals surface area (Å²) in [4.78, 5) is 20.5. The summed E-state index contributed by atoms with van der Waals surface area (Å²) in [6, 6.07) is 11.8. The van der Waals surface area contributed by atoms with Gasteiger partial charge in [0.15, 0.2) is 0 Å². The summed E-state index contributed by atoms with van der Waals surface area (Å²) in [6.45, 7) is 2.40. The van der Waals surface area contributed by atoms with Gasteiger partial charge in [-0.2, -0.15) is 0 Å². The highest BCUT2D eigenvalue weighted by atomic mass is 16.2. The van der Waals surface area contributed by atoms with Gasteiger partial charge in [0.2, 0.25) is 5.91 Å². The summed E-state index contributed by atoms with van der Waals surface area (Å²) in [5.74, 6) is 1.26. The molecule has 0 bridgehead atoms. The number of piperidine rings is 1. The fourth-order valence-corrected chi connectivity index (χ4v) is 2.61. The van der Waals surface area contributed by atoms with E-state index in [1.807, 2.05) is 30.3 Å². The number of nitrogens with zero attached hydrogens (tertiary/aromatic N) is 2. The molecule has 1 aromatic carbocycles. The van der Waals surface area contributed by atoms with Crippen molar-refractivity contribution in [3.63, 3.8) is 0 Å². The molecule has 1 aliphatic rings. The van der Waals surface area contributed by atoms with Crippen LogP contribution in [0.25, 0.3) is 0 Å². The molecule has 1 aliphatic heterocycles. The Bertz CT molecular complexity index is 640. The molecule has 0 aliphatic carbocycles. The van der Waals surface area contributed by atoms with Gasteiger partial charge in [0.25, 0.3) is 0 Å². The van der Waals surface area contributed by atoms with Crippen LogP contribution in [0, 0.1) is 5.92 Å². The van der Waals surface area contributed by atoms with Crippen molar-refractivity contribution in [1.82, 2.24) is 15.3 Å². The SMILES string of the molecule is O=C(Nc1cc(NCc2ccccc2)ncn1)C1CCCNC1. The second kappa shape index (κ2) is 7.69. The number of carbonyl (C=O) groups is 1. The summed E-state index contributed by atoms with van der Waals surface area (Å²) in [7, 11) is 0. The van der Waals surface area contributed by atoms with Crippen molar-refractivity contribution in [2.45, 2.75) is 19.4 Å². The summed E-state index contributed by atoms with van der Waals surface area (Å²) < 4.78 is 0. The molecule has 120 valence electrons. The largest absolute Gasteiger partial charge is 0.366 e. The molecule has 1 unspecified atom stereocenters. The van der Waals surface area contributed by atoms with Gasteiger partial charge in [0.05, 0.1) is 5.92 Å². The first-order chi connectivity index (χ1) is 11.3. The van der Waals surface area contributed by atoms with Crippen molar-refractivity contribution >= 4 is 17.5 Å². The highest BCUT2D eigenvalue weighted by Gasteiger charge is 2.21. The van der Waals surface area contributed by atoms with Crippen molar-refractivity contribution in [3.05, 3.63) is 48.3 Å². The number of anilines is 2. The Morgan fingerprint density at radius 3 is 2.83 bits per heavy atom. The number of hydrogen-bond donors (Lipinski definition) is 3. The Kier molecular flexibility index (Phi) is 5.16. The topological polar surface area (TPSA) is 78.9 Å². The molecule has 23 heavy (non-hydrogen) atoms. The van der Waals surface area contributed by atoms with E-state index in [9.17, 15) is 4.79 Å². The van der Waals surface area contributed by atoms with Crippen molar-refractivity contribution in [1.29, 1.82) is 0 Å². The third-order valence-corrected chi connectivity index (χ3v) is 3.90. The van der Waals surface area contributed by atoms with Gasteiger partial charge in [-0.25, -0.2) is 9.97 Å². The first kappa shape index (κ1) is 15.4. The molecule has 0 spiro atoms. The van der Waals surface area contributed by atoms with Gasteiger partial charge in [0, 0.05) is 19.2 Å². The van der Waals surface area contributed by atoms with Crippen molar-refractivity contribution < 1.29 is 4.79 Å². The maximum Gasteiger partial charge on any atom is 0.229 e. The lowest BCUT2D eigenvalue weighted by Gasteiger charge is -2.21. The number of hydrogen-bond acceptors (Lipinski definition) is 5. The molecular formula is C17H21N5O. The Balaban J connectivity index is 1.57. The van der Waals surface area contributed by atoms with E-state index in [0.29, 0.717) is 18.2 Å². The Hall–Kier alpha value is -2.47. The highest BCUT2D eigenvalue weighted by molar-refractivity contribution is 5.92. The van der Waals surface area contributed by atoms with Gasteiger partial charge in [-0.15, -0.1) is 0 Å². The molecule has 1 fully saturated rings. The van der Waals surface area contributed by atoms with Gasteiger partial charge in [-0.05, 0) is 24.9 Å². The third kappa shape index (κ3) is 4.50. The summed E-state index contributed by atoms with van der Waals surface area (Å²) in [6.07, 6.45) is 3.41. The number of aromatic nitrogens is 2. The first-order valence-electron chi connectivity index (χ1n) is 7.93. The summed E-state index contributed by atoms with van der Waals surface area (Å²) in [5, 5.41) is 9.36. The lowest BCUT2D eigenvalue weighted by atomic mass is 9.99. The maximum absolute atomic E-state index is 12.2. The van der Waals surface area contributed by atoms with Gasteiger partial charge in [-0.3, -0.25) is 4.79 Å². The van der Waals surface area contributed by atoms with Crippen LogP contribution in [0.5, 0.6) is 0 Å². The molecule has 1 atom stereocenters. The predicted molar refractivity (Wildman–Crippen MR) is 90.0 cm³/mol. The van der Waals surface area contributed by atoms with Crippen LogP contribution >= 0.6 is 0 Å². The molecule has 2 heterocycles. The van der Waals surface area contributed by atoms with E-state index in [1.165, 1.54) is 11.9 Å². The van der Waals surface area contributed by atoms with Crippen LogP contribution in [0.4, 0.5) is 11.6 Å². The van der Waals surface area contributed by atoms with Crippen LogP contribution in [0.3, 0.4) is 0 Å². The van der Waals surface area contributed by atoms with Crippen LogP contribution in [0.1, 0.15) is 18.4 Å². The molecule has 6 nitrogen and oxygen atoms in total. The maximum atomic E-state index is 12.2. The number of carbonyl (C=O) groups excluding carboxylic acids is 1. The number of nitrogens with one attached hydrogen (secondary N) is 3. The number of benzene rings is 1. The second-order valence-corrected chi connectivity index (χ2v) is 5.66. The smallest absolute Gasteiger partial charge is 0.229 e. The summed E-state index contributed by atoms with van der Waals surface area (Å²) >= 11 is 0. The van der Waals surface area contributed by atoms with Gasteiger partial charge in [-0.1, -0.05) is 30.3 Å². The Morgan fingerprint density at radius 1 is 1.22 bits per heavy atom. The fourth-order valence-electron chi connectivity index (χ4n) is 2.61. The van der Waals surface area contributed by atoms with Gasteiger partial charge >= 0.3 is 0 Å². The van der Waals surface area contributed by atoms with E-state index < -0.39 is 0 Å². The third-order valence-electron chi connectivity index (χ3n) is 3.90. The lowest BCUT2D eigenvalue weighted by molar-refractivity contribution is -0.120. The molecule has 1 aromatic heterocycles. The van der Waals surface area contributed by atoms with E-state index in [0.717, 1.165) is 25.9 Å². The minimum Gasteiger partial charge on any atom is -0.366 e. The zero-order valence-electron chi connectivity index (χ0n) is 13.0. The minimum absolute atomic E-state index is 0.0134. The van der Waals surface area contributed by atoms with E-state index in [1.54, 1.807) is 6.07 Å². The quantitative estimate of drug-likeness (QED) is 0.787. The monoisotopic (exact) mass is 311 g/mol. The minimum atomic E-state index is 0.0134. The predicted octanol–water partition coefficient (Wildman–Crippen LogP) is 2.03. The zero-order chi connectivity index (χ0) is 15.9. The van der Waals surface area contributed by atoms with E-state index in [-0.39, 0.29) is 11.8 Å². The van der Waals surface area contributed by atoms with Crippen LogP contribution in [-0.4, -0.2) is 29.0 Å². The molecular weight excluding hydrogens is 290 g/mol. The van der Waals surface area contributed by atoms with E-state index >= 15 is 0 Å². The molecule has 0 radical (unpaired) electrons. The fraction of sp³-hybridized carbons (Fsp3) is 0.353. The average Bonchev–Trinajstić information content (AvgIpc) is 2.62. The first-order valence-corrected chi connectivity index (χ1v) is 7.93. The highest BCUT2D eigenvalue weighted by Crippen LogP contribution is 2.15. The average molecular weight is 311 g/mol. The normalized spacial score (nSPS) is 17.5. The second-order valence-electron chi connectivity index (χ2n) is 5.66. The van der Waals surface area contributed by atoms with E-state index in [4.69, 9.17) is 0 Å². The summed E-state index contributed by atoms with van der Waals surface area (Å²) in [5.41, 5.74) is 1.17. The van der Waals surface area contributed by atoms with Gasteiger partial charge in [0.1, 0.15) is 18.0 Å². The molecule has 6 heteroatoms. The molecule has 0 saturated carbocycles. The Morgan fingerprint density at radius 2 is 2.04 bits per heavy atom. The van der Waals surface area contributed by atoms with Crippen LogP contribution in [0.2, 0.25) is 0 Å². The van der Waals surface area contributed by atoms with Crippen LogP contribution < -0.4 is 16.0 Å². The molecule has 1 amide bonds. The van der Waals surface area contributed by atoms with Crippen LogP contribution in [-0.2, 0) is 11.3 Å². The number of rotatable bonds is 5. The zero-order valence-corrected chi connectivity index (χ0v) is 13.0. The Labute approximate surface area is 135 Å². The van der Waals surface area contributed by atoms with Crippen molar-refractivity contribution in [2.75, 3.05) is 23.7 Å². The molecule has 3 N–H and O–H groups in total. The van der Waals surface area contributed by atoms with Gasteiger partial charge < -0.3 is 16.0 Å². The van der Waals surface area contributed by atoms with Crippen molar-refractivity contribution in [3.8, 4) is 0 Å².